The number of halogens is 3. The van der Waals surface area contributed by atoms with Gasteiger partial charge in [-0.1, -0.05) is 0 Å². The summed E-state index contributed by atoms with van der Waals surface area (Å²) in [6.45, 7) is 0. The zero-order valence-electron chi connectivity index (χ0n) is 4.77. The summed E-state index contributed by atoms with van der Waals surface area (Å²) in [5.41, 5.74) is 4.64. The molecule has 0 atom stereocenters. The second-order valence-corrected chi connectivity index (χ2v) is 1.35. The number of carbonyl (C=O) groups excluding carboxylic acids is 1. The van der Waals surface area contributed by atoms with Crippen molar-refractivity contribution >= 4 is 5.91 Å². The number of carbonyl (C=O) groups is 1. The number of nitrogens with one attached hydrogen (secondary N) is 1. The molecule has 0 bridgehead atoms. The first-order valence-electron chi connectivity index (χ1n) is 2.23. The molecule has 0 aliphatic rings. The van der Waals surface area contributed by atoms with Crippen LogP contribution in [0.4, 0.5) is 13.2 Å². The van der Waals surface area contributed by atoms with E-state index in [1.807, 2.05) is 0 Å². The molecule has 0 saturated carbocycles. The van der Waals surface area contributed by atoms with Gasteiger partial charge in [0.2, 0.25) is 0 Å². The minimum absolute atomic E-state index is 0.577. The van der Waals surface area contributed by atoms with E-state index in [1.165, 1.54) is 0 Å². The lowest BCUT2D eigenvalue weighted by Crippen LogP contribution is -2.36. The zero-order chi connectivity index (χ0) is 8.20. The molecular formula is C4H5F3N2O. The monoisotopic (exact) mass is 154 g/mol. The minimum Gasteiger partial charge on any atom is -0.404 e. The van der Waals surface area contributed by atoms with E-state index in [-0.39, 0.29) is 0 Å². The molecule has 0 saturated heterocycles. The van der Waals surface area contributed by atoms with Crippen LogP contribution in [0.5, 0.6) is 0 Å². The van der Waals surface area contributed by atoms with Crippen LogP contribution in [0.1, 0.15) is 0 Å². The van der Waals surface area contributed by atoms with Crippen LogP contribution in [0.2, 0.25) is 0 Å². The van der Waals surface area contributed by atoms with Gasteiger partial charge in [0.25, 0.3) is 5.91 Å². The Morgan fingerprint density at radius 3 is 2.30 bits per heavy atom. The van der Waals surface area contributed by atoms with Gasteiger partial charge in [0.1, 0.15) is 0 Å². The number of nitrogens with two attached hydrogens (primary N) is 1. The predicted octanol–water partition coefficient (Wildman–Crippen LogP) is 0.0948. The Labute approximate surface area is 54.7 Å². The molecule has 58 valence electrons. The molecule has 0 aliphatic heterocycles. The number of rotatable bonds is 1. The Bertz CT molecular complexity index is 151. The molecule has 0 fully saturated rings. The Kier molecular flexibility index (Phi) is 2.72. The normalized spacial score (nSPS) is 11.9. The molecule has 0 aromatic rings. The minimum atomic E-state index is -4.68. The zero-order valence-corrected chi connectivity index (χ0v) is 4.77. The number of alkyl halides is 3. The van der Waals surface area contributed by atoms with Crippen LogP contribution in [0.3, 0.4) is 0 Å². The van der Waals surface area contributed by atoms with E-state index in [1.54, 1.807) is 0 Å². The molecule has 0 aliphatic carbocycles. The first kappa shape index (κ1) is 8.80. The van der Waals surface area contributed by atoms with E-state index in [9.17, 15) is 18.0 Å². The predicted molar refractivity (Wildman–Crippen MR) is 27.5 cm³/mol. The summed E-state index contributed by atoms with van der Waals surface area (Å²) in [7, 11) is 0. The van der Waals surface area contributed by atoms with E-state index >= 15 is 0 Å². The summed E-state index contributed by atoms with van der Waals surface area (Å²) < 4.78 is 33.7. The van der Waals surface area contributed by atoms with Crippen LogP contribution >= 0.6 is 0 Å². The van der Waals surface area contributed by atoms with Gasteiger partial charge in [-0.25, -0.2) is 0 Å². The Hall–Kier alpha value is -1.20. The second kappa shape index (κ2) is 3.09. The van der Waals surface area contributed by atoms with Gasteiger partial charge in [-0.3, -0.25) is 10.1 Å². The van der Waals surface area contributed by atoms with Crippen LogP contribution in [-0.4, -0.2) is 12.2 Å². The van der Waals surface area contributed by atoms with Crippen LogP contribution in [-0.2, 0) is 4.79 Å². The van der Waals surface area contributed by atoms with Crippen molar-refractivity contribution in [1.29, 1.82) is 0 Å². The van der Waals surface area contributed by atoms with Crippen molar-refractivity contribution in [2.24, 2.45) is 5.73 Å². The summed E-state index contributed by atoms with van der Waals surface area (Å²) in [5, 5.41) is 0.714. The summed E-state index contributed by atoms with van der Waals surface area (Å²) in [4.78, 5) is 10.1. The number of hydrogen-bond donors (Lipinski definition) is 2. The fourth-order valence-electron chi connectivity index (χ4n) is 0.269. The first-order valence-corrected chi connectivity index (χ1v) is 2.23. The summed E-state index contributed by atoms with van der Waals surface area (Å²) in [5.74, 6) is -1.28. The lowest BCUT2D eigenvalue weighted by atomic mass is 10.6. The van der Waals surface area contributed by atoms with Crippen LogP contribution in [0.15, 0.2) is 12.3 Å². The van der Waals surface area contributed by atoms with E-state index < -0.39 is 12.2 Å². The largest absolute Gasteiger partial charge is 0.484 e. The van der Waals surface area contributed by atoms with Gasteiger partial charge >= 0.3 is 6.30 Å². The molecule has 0 rings (SSSR count). The summed E-state index contributed by atoms with van der Waals surface area (Å²) in [6, 6.07) is 0. The van der Waals surface area contributed by atoms with E-state index in [4.69, 9.17) is 0 Å². The molecule has 1 amide bonds. The molecule has 0 radical (unpaired) electrons. The lowest BCUT2D eigenvalue weighted by molar-refractivity contribution is -0.166. The number of amides is 1. The third-order valence-electron chi connectivity index (χ3n) is 0.513. The molecule has 0 heterocycles. The van der Waals surface area contributed by atoms with Crippen molar-refractivity contribution in [2.45, 2.75) is 6.30 Å². The van der Waals surface area contributed by atoms with Crippen molar-refractivity contribution in [3.8, 4) is 0 Å². The van der Waals surface area contributed by atoms with Crippen molar-refractivity contribution in [3.05, 3.63) is 12.3 Å². The maximum atomic E-state index is 11.2. The van der Waals surface area contributed by atoms with Crippen LogP contribution in [0.25, 0.3) is 0 Å². The van der Waals surface area contributed by atoms with Crippen molar-refractivity contribution < 1.29 is 18.0 Å². The topological polar surface area (TPSA) is 55.1 Å². The van der Waals surface area contributed by atoms with Crippen molar-refractivity contribution in [3.63, 3.8) is 0 Å². The molecule has 0 unspecified atom stereocenters. The van der Waals surface area contributed by atoms with Gasteiger partial charge in [-0.2, -0.15) is 13.2 Å². The molecule has 3 N–H and O–H groups in total. The highest BCUT2D eigenvalue weighted by Crippen LogP contribution is 2.08. The van der Waals surface area contributed by atoms with Crippen molar-refractivity contribution in [2.75, 3.05) is 0 Å². The highest BCUT2D eigenvalue weighted by molar-refractivity contribution is 5.87. The molecule has 6 heteroatoms. The van der Waals surface area contributed by atoms with Gasteiger partial charge in [-0.15, -0.1) is 0 Å². The van der Waals surface area contributed by atoms with Crippen LogP contribution in [0, 0.1) is 0 Å². The second-order valence-electron chi connectivity index (χ2n) is 1.35. The van der Waals surface area contributed by atoms with Gasteiger partial charge < -0.3 is 5.73 Å². The maximum Gasteiger partial charge on any atom is 0.484 e. The first-order chi connectivity index (χ1) is 4.45. The Morgan fingerprint density at radius 2 is 2.00 bits per heavy atom. The lowest BCUT2D eigenvalue weighted by Gasteiger charge is -2.04. The van der Waals surface area contributed by atoms with Gasteiger partial charge in [0.15, 0.2) is 0 Å². The van der Waals surface area contributed by atoms with Gasteiger partial charge in [-0.05, 0) is 6.20 Å². The molecule has 0 aromatic carbocycles. The summed E-state index contributed by atoms with van der Waals surface area (Å²) in [6.07, 6.45) is -3.38. The molecule has 10 heavy (non-hydrogen) atoms. The van der Waals surface area contributed by atoms with Crippen LogP contribution < -0.4 is 11.1 Å². The van der Waals surface area contributed by atoms with Crippen molar-refractivity contribution in [1.82, 2.24) is 5.32 Å². The van der Waals surface area contributed by atoms with E-state index in [0.29, 0.717) is 11.4 Å². The molecule has 0 aromatic heterocycles. The fourth-order valence-corrected chi connectivity index (χ4v) is 0.269. The van der Waals surface area contributed by atoms with E-state index in [2.05, 4.69) is 5.73 Å². The van der Waals surface area contributed by atoms with Gasteiger partial charge in [0.05, 0.1) is 0 Å². The third-order valence-corrected chi connectivity index (χ3v) is 0.513. The fraction of sp³-hybridized carbons (Fsp3) is 0.250. The molecular weight excluding hydrogens is 149 g/mol. The Balaban J connectivity index is 3.81. The average Bonchev–Trinajstić information content (AvgIpc) is 1.59. The average molecular weight is 154 g/mol. The highest BCUT2D eigenvalue weighted by Gasteiger charge is 2.28. The maximum absolute atomic E-state index is 11.2. The smallest absolute Gasteiger partial charge is 0.404 e. The molecule has 0 spiro atoms. The SMILES string of the molecule is NC=CC(=O)NC(F)(F)F. The standard InChI is InChI=1S/C4H5F3N2O/c5-4(6,7)9-3(10)1-2-8/h1-2H,8H2,(H,9,10). The Morgan fingerprint density at radius 1 is 1.50 bits per heavy atom. The van der Waals surface area contributed by atoms with E-state index in [0.717, 1.165) is 6.20 Å². The quantitative estimate of drug-likeness (QED) is 0.415. The third kappa shape index (κ3) is 4.95. The number of hydrogen-bond acceptors (Lipinski definition) is 2. The summed E-state index contributed by atoms with van der Waals surface area (Å²) >= 11 is 0. The highest BCUT2D eigenvalue weighted by atomic mass is 19.4. The van der Waals surface area contributed by atoms with Gasteiger partial charge in [0, 0.05) is 6.08 Å². The molecule has 3 nitrogen and oxygen atoms in total.